The zero-order chi connectivity index (χ0) is 12.1. The SMILES string of the molecule is CNc1cc(N(C)CCc2cccs2)ccn1. The Morgan fingerprint density at radius 3 is 3.00 bits per heavy atom. The number of pyridine rings is 1. The molecule has 0 saturated carbocycles. The molecule has 2 aromatic rings. The van der Waals surface area contributed by atoms with Crippen molar-refractivity contribution in [2.24, 2.45) is 0 Å². The van der Waals surface area contributed by atoms with Crippen LogP contribution in [0.25, 0.3) is 0 Å². The summed E-state index contributed by atoms with van der Waals surface area (Å²) in [5, 5.41) is 5.18. The Balaban J connectivity index is 1.96. The number of aromatic nitrogens is 1. The first-order valence-corrected chi connectivity index (χ1v) is 6.55. The fourth-order valence-corrected chi connectivity index (χ4v) is 2.35. The number of hydrogen-bond donors (Lipinski definition) is 1. The van der Waals surface area contributed by atoms with Gasteiger partial charge in [-0.3, -0.25) is 0 Å². The minimum absolute atomic E-state index is 0.908. The van der Waals surface area contributed by atoms with Gasteiger partial charge in [-0.15, -0.1) is 11.3 Å². The van der Waals surface area contributed by atoms with Gasteiger partial charge in [0.25, 0.3) is 0 Å². The molecule has 0 atom stereocenters. The number of thiophene rings is 1. The van der Waals surface area contributed by atoms with Crippen LogP contribution in [0.3, 0.4) is 0 Å². The van der Waals surface area contributed by atoms with Gasteiger partial charge in [0.15, 0.2) is 0 Å². The second-order valence-electron chi connectivity index (χ2n) is 3.90. The highest BCUT2D eigenvalue weighted by atomic mass is 32.1. The predicted molar refractivity (Wildman–Crippen MR) is 75.1 cm³/mol. The molecule has 2 aromatic heterocycles. The van der Waals surface area contributed by atoms with Gasteiger partial charge >= 0.3 is 0 Å². The van der Waals surface area contributed by atoms with E-state index in [1.54, 1.807) is 0 Å². The van der Waals surface area contributed by atoms with Crippen LogP contribution in [-0.2, 0) is 6.42 Å². The Bertz CT molecular complexity index is 453. The maximum Gasteiger partial charge on any atom is 0.127 e. The van der Waals surface area contributed by atoms with Crippen molar-refractivity contribution in [3.63, 3.8) is 0 Å². The first-order valence-electron chi connectivity index (χ1n) is 5.67. The minimum atomic E-state index is 0.908. The number of nitrogens with one attached hydrogen (secondary N) is 1. The van der Waals surface area contributed by atoms with Crippen molar-refractivity contribution in [3.05, 3.63) is 40.7 Å². The summed E-state index contributed by atoms with van der Waals surface area (Å²) in [6.07, 6.45) is 2.92. The van der Waals surface area contributed by atoms with E-state index in [9.17, 15) is 0 Å². The summed E-state index contributed by atoms with van der Waals surface area (Å²) in [4.78, 5) is 7.90. The Kier molecular flexibility index (Phi) is 3.98. The number of anilines is 2. The molecule has 0 aliphatic rings. The van der Waals surface area contributed by atoms with E-state index in [-0.39, 0.29) is 0 Å². The lowest BCUT2D eigenvalue weighted by Gasteiger charge is -2.19. The lowest BCUT2D eigenvalue weighted by Crippen LogP contribution is -2.20. The fraction of sp³-hybridized carbons (Fsp3) is 0.308. The van der Waals surface area contributed by atoms with Crippen molar-refractivity contribution in [2.75, 3.05) is 30.9 Å². The van der Waals surface area contributed by atoms with Crippen LogP contribution in [0.4, 0.5) is 11.5 Å². The van der Waals surface area contributed by atoms with Crippen molar-refractivity contribution < 1.29 is 0 Å². The van der Waals surface area contributed by atoms with Crippen molar-refractivity contribution in [2.45, 2.75) is 6.42 Å². The maximum atomic E-state index is 4.21. The van der Waals surface area contributed by atoms with Crippen molar-refractivity contribution in [3.8, 4) is 0 Å². The standard InChI is InChI=1S/C13H17N3S/c1-14-13-10-11(5-7-15-13)16(2)8-6-12-4-3-9-17-12/h3-5,7,9-10H,6,8H2,1-2H3,(H,14,15). The van der Waals surface area contributed by atoms with Gasteiger partial charge in [-0.2, -0.15) is 0 Å². The first kappa shape index (κ1) is 11.9. The largest absolute Gasteiger partial charge is 0.374 e. The first-order chi connectivity index (χ1) is 8.29. The monoisotopic (exact) mass is 247 g/mol. The molecule has 0 bridgehead atoms. The molecule has 3 nitrogen and oxygen atoms in total. The molecule has 0 radical (unpaired) electrons. The third kappa shape index (κ3) is 3.20. The van der Waals surface area contributed by atoms with Crippen LogP contribution in [0, 0.1) is 0 Å². The second-order valence-corrected chi connectivity index (χ2v) is 4.93. The Morgan fingerprint density at radius 2 is 2.29 bits per heavy atom. The van der Waals surface area contributed by atoms with E-state index in [1.165, 1.54) is 10.6 Å². The molecule has 0 amide bonds. The molecule has 4 heteroatoms. The smallest absolute Gasteiger partial charge is 0.127 e. The van der Waals surface area contributed by atoms with Crippen LogP contribution in [0.15, 0.2) is 35.8 Å². The van der Waals surface area contributed by atoms with Gasteiger partial charge in [-0.05, 0) is 23.9 Å². The van der Waals surface area contributed by atoms with Crippen LogP contribution >= 0.6 is 11.3 Å². The maximum absolute atomic E-state index is 4.21. The lowest BCUT2D eigenvalue weighted by atomic mass is 10.3. The molecule has 0 fully saturated rings. The van der Waals surface area contributed by atoms with E-state index in [0.29, 0.717) is 0 Å². The molecule has 17 heavy (non-hydrogen) atoms. The van der Waals surface area contributed by atoms with Gasteiger partial charge in [0.05, 0.1) is 0 Å². The molecule has 0 unspecified atom stereocenters. The summed E-state index contributed by atoms with van der Waals surface area (Å²) in [5.41, 5.74) is 1.20. The highest BCUT2D eigenvalue weighted by molar-refractivity contribution is 7.09. The molecule has 0 saturated heterocycles. The van der Waals surface area contributed by atoms with E-state index in [1.807, 2.05) is 30.6 Å². The Morgan fingerprint density at radius 1 is 1.41 bits per heavy atom. The lowest BCUT2D eigenvalue weighted by molar-refractivity contribution is 0.886. The Labute approximate surface area is 106 Å². The van der Waals surface area contributed by atoms with E-state index in [0.717, 1.165) is 18.8 Å². The van der Waals surface area contributed by atoms with Gasteiger partial charge < -0.3 is 10.2 Å². The van der Waals surface area contributed by atoms with Crippen LogP contribution < -0.4 is 10.2 Å². The van der Waals surface area contributed by atoms with E-state index < -0.39 is 0 Å². The molecule has 0 spiro atoms. The summed E-state index contributed by atoms with van der Waals surface area (Å²) in [5.74, 6) is 0.908. The van der Waals surface area contributed by atoms with E-state index in [2.05, 4.69) is 45.8 Å². The summed E-state index contributed by atoms with van der Waals surface area (Å²) in [6, 6.07) is 8.39. The predicted octanol–water partition coefficient (Wildman–Crippen LogP) is 2.86. The Hall–Kier alpha value is -1.55. The third-order valence-electron chi connectivity index (χ3n) is 2.71. The molecule has 0 aliphatic heterocycles. The number of hydrogen-bond acceptors (Lipinski definition) is 4. The topological polar surface area (TPSA) is 28.2 Å². The van der Waals surface area contributed by atoms with Crippen LogP contribution in [0.1, 0.15) is 4.88 Å². The van der Waals surface area contributed by atoms with E-state index >= 15 is 0 Å². The molecular weight excluding hydrogens is 230 g/mol. The quantitative estimate of drug-likeness (QED) is 0.880. The van der Waals surface area contributed by atoms with Crippen LogP contribution in [0.5, 0.6) is 0 Å². The molecule has 90 valence electrons. The van der Waals surface area contributed by atoms with Gasteiger partial charge in [0, 0.05) is 43.5 Å². The van der Waals surface area contributed by atoms with Crippen molar-refractivity contribution in [1.29, 1.82) is 0 Å². The summed E-state index contributed by atoms with van der Waals surface area (Å²) < 4.78 is 0. The van der Waals surface area contributed by atoms with Crippen LogP contribution in [-0.4, -0.2) is 25.6 Å². The van der Waals surface area contributed by atoms with Gasteiger partial charge in [0.1, 0.15) is 5.82 Å². The number of likely N-dealkylation sites (N-methyl/N-ethyl adjacent to an activating group) is 1. The normalized spacial score (nSPS) is 10.2. The molecule has 0 aromatic carbocycles. The van der Waals surface area contributed by atoms with Gasteiger partial charge in [-0.25, -0.2) is 4.98 Å². The van der Waals surface area contributed by atoms with Crippen molar-refractivity contribution >= 4 is 22.8 Å². The zero-order valence-corrected chi connectivity index (χ0v) is 11.0. The van der Waals surface area contributed by atoms with Gasteiger partial charge in [0.2, 0.25) is 0 Å². The second kappa shape index (κ2) is 5.68. The van der Waals surface area contributed by atoms with Crippen molar-refractivity contribution in [1.82, 2.24) is 4.98 Å². The highest BCUT2D eigenvalue weighted by Crippen LogP contribution is 2.17. The van der Waals surface area contributed by atoms with E-state index in [4.69, 9.17) is 0 Å². The average molecular weight is 247 g/mol. The number of rotatable bonds is 5. The summed E-state index contributed by atoms with van der Waals surface area (Å²) in [6.45, 7) is 1.02. The van der Waals surface area contributed by atoms with Crippen LogP contribution in [0.2, 0.25) is 0 Å². The highest BCUT2D eigenvalue weighted by Gasteiger charge is 2.03. The third-order valence-corrected chi connectivity index (χ3v) is 3.65. The summed E-state index contributed by atoms with van der Waals surface area (Å²) >= 11 is 1.82. The molecule has 1 N–H and O–H groups in total. The average Bonchev–Trinajstić information content (AvgIpc) is 2.89. The minimum Gasteiger partial charge on any atom is -0.374 e. The zero-order valence-electron chi connectivity index (χ0n) is 10.2. The molecule has 2 rings (SSSR count). The summed E-state index contributed by atoms with van der Waals surface area (Å²) in [7, 11) is 4.00. The fourth-order valence-electron chi connectivity index (χ4n) is 1.66. The molecular formula is C13H17N3S. The number of nitrogens with zero attached hydrogens (tertiary/aromatic N) is 2. The van der Waals surface area contributed by atoms with Gasteiger partial charge in [-0.1, -0.05) is 6.07 Å². The molecule has 0 aliphatic carbocycles. The molecule has 2 heterocycles.